The Labute approximate surface area is 117 Å². The first kappa shape index (κ1) is 13.0. The molecule has 104 valence electrons. The molecule has 4 heteroatoms. The monoisotopic (exact) mass is 272 g/mol. The molecule has 0 bridgehead atoms. The van der Waals surface area contributed by atoms with Crippen LogP contribution in [0.3, 0.4) is 0 Å². The summed E-state index contributed by atoms with van der Waals surface area (Å²) in [5.41, 5.74) is 2.85. The Morgan fingerprint density at radius 1 is 0.750 bits per heavy atom. The van der Waals surface area contributed by atoms with Gasteiger partial charge in [-0.2, -0.15) is 0 Å². The first-order chi connectivity index (χ1) is 9.69. The molecule has 0 saturated carbocycles. The van der Waals surface area contributed by atoms with Gasteiger partial charge in [0.05, 0.1) is 14.2 Å². The zero-order valence-corrected chi connectivity index (χ0v) is 11.3. The fraction of sp³-hybridized carbons (Fsp3) is 0.250. The SMILES string of the molecule is COc1cccc2c1-c1c(OC)cccc1[C@@H](O)[C@@H]2O. The first-order valence-corrected chi connectivity index (χ1v) is 6.39. The number of aliphatic hydroxyl groups is 2. The van der Waals surface area contributed by atoms with Gasteiger partial charge in [0.15, 0.2) is 0 Å². The second-order valence-corrected chi connectivity index (χ2v) is 4.74. The third kappa shape index (κ3) is 1.69. The molecule has 20 heavy (non-hydrogen) atoms. The Kier molecular flexibility index (Phi) is 3.12. The summed E-state index contributed by atoms with van der Waals surface area (Å²) in [5.74, 6) is 1.30. The Balaban J connectivity index is 2.39. The molecule has 0 spiro atoms. The second kappa shape index (κ2) is 4.81. The predicted octanol–water partition coefficient (Wildman–Crippen LogP) is 2.45. The van der Waals surface area contributed by atoms with E-state index in [9.17, 15) is 10.2 Å². The highest BCUT2D eigenvalue weighted by molar-refractivity contribution is 5.84. The van der Waals surface area contributed by atoms with Crippen LogP contribution in [0.4, 0.5) is 0 Å². The predicted molar refractivity (Wildman–Crippen MR) is 74.9 cm³/mol. The highest BCUT2D eigenvalue weighted by Gasteiger charge is 2.34. The van der Waals surface area contributed by atoms with Crippen LogP contribution in [0.25, 0.3) is 11.1 Å². The van der Waals surface area contributed by atoms with Gasteiger partial charge in [-0.1, -0.05) is 24.3 Å². The van der Waals surface area contributed by atoms with Gasteiger partial charge in [-0.15, -0.1) is 0 Å². The Morgan fingerprint density at radius 2 is 1.15 bits per heavy atom. The van der Waals surface area contributed by atoms with Crippen molar-refractivity contribution in [3.8, 4) is 22.6 Å². The van der Waals surface area contributed by atoms with E-state index in [1.165, 1.54) is 0 Å². The molecule has 0 unspecified atom stereocenters. The van der Waals surface area contributed by atoms with Gasteiger partial charge in [0.1, 0.15) is 23.7 Å². The molecule has 0 fully saturated rings. The van der Waals surface area contributed by atoms with E-state index in [0.717, 1.165) is 11.1 Å². The lowest BCUT2D eigenvalue weighted by Gasteiger charge is -2.31. The van der Waals surface area contributed by atoms with Gasteiger partial charge < -0.3 is 19.7 Å². The van der Waals surface area contributed by atoms with Gasteiger partial charge in [0.25, 0.3) is 0 Å². The van der Waals surface area contributed by atoms with Gasteiger partial charge in [-0.05, 0) is 23.3 Å². The number of benzene rings is 2. The summed E-state index contributed by atoms with van der Waals surface area (Å²) in [5, 5.41) is 20.6. The maximum atomic E-state index is 10.3. The average Bonchev–Trinajstić information content (AvgIpc) is 2.50. The molecular weight excluding hydrogens is 256 g/mol. The molecule has 0 aromatic heterocycles. The van der Waals surface area contributed by atoms with E-state index >= 15 is 0 Å². The molecule has 2 N–H and O–H groups in total. The van der Waals surface area contributed by atoms with Crippen LogP contribution in [0.15, 0.2) is 36.4 Å². The minimum absolute atomic E-state index is 0.647. The summed E-state index contributed by atoms with van der Waals surface area (Å²) in [6.45, 7) is 0. The van der Waals surface area contributed by atoms with Crippen molar-refractivity contribution < 1.29 is 19.7 Å². The Bertz CT molecular complexity index is 593. The highest BCUT2D eigenvalue weighted by Crippen LogP contribution is 2.51. The minimum Gasteiger partial charge on any atom is -0.496 e. The zero-order chi connectivity index (χ0) is 14.3. The van der Waals surface area contributed by atoms with Crippen molar-refractivity contribution in [2.75, 3.05) is 14.2 Å². The van der Waals surface area contributed by atoms with Crippen LogP contribution in [-0.4, -0.2) is 24.4 Å². The van der Waals surface area contributed by atoms with Crippen molar-refractivity contribution in [3.05, 3.63) is 47.5 Å². The normalized spacial score (nSPS) is 20.0. The number of ether oxygens (including phenoxy) is 2. The van der Waals surface area contributed by atoms with Crippen molar-refractivity contribution in [2.24, 2.45) is 0 Å². The molecule has 0 heterocycles. The average molecular weight is 272 g/mol. The van der Waals surface area contributed by atoms with Gasteiger partial charge in [-0.25, -0.2) is 0 Å². The van der Waals surface area contributed by atoms with E-state index in [1.54, 1.807) is 38.5 Å². The van der Waals surface area contributed by atoms with Crippen LogP contribution in [0.2, 0.25) is 0 Å². The quantitative estimate of drug-likeness (QED) is 0.881. The molecule has 2 aromatic carbocycles. The van der Waals surface area contributed by atoms with Gasteiger partial charge in [0.2, 0.25) is 0 Å². The van der Waals surface area contributed by atoms with E-state index < -0.39 is 12.2 Å². The number of methoxy groups -OCH3 is 2. The lowest BCUT2D eigenvalue weighted by molar-refractivity contribution is 0.0155. The van der Waals surface area contributed by atoms with Crippen molar-refractivity contribution in [1.82, 2.24) is 0 Å². The fourth-order valence-electron chi connectivity index (χ4n) is 2.80. The highest BCUT2D eigenvalue weighted by atomic mass is 16.5. The van der Waals surface area contributed by atoms with Crippen molar-refractivity contribution >= 4 is 0 Å². The number of hydrogen-bond acceptors (Lipinski definition) is 4. The summed E-state index contributed by atoms with van der Waals surface area (Å²) < 4.78 is 10.8. The van der Waals surface area contributed by atoms with Crippen molar-refractivity contribution in [1.29, 1.82) is 0 Å². The largest absolute Gasteiger partial charge is 0.496 e. The lowest BCUT2D eigenvalue weighted by Crippen LogP contribution is -2.18. The first-order valence-electron chi connectivity index (χ1n) is 6.39. The fourth-order valence-corrected chi connectivity index (χ4v) is 2.80. The van der Waals surface area contributed by atoms with E-state index in [4.69, 9.17) is 9.47 Å². The third-order valence-electron chi connectivity index (χ3n) is 3.74. The van der Waals surface area contributed by atoms with E-state index in [-0.39, 0.29) is 0 Å². The van der Waals surface area contributed by atoms with Crippen LogP contribution in [0.5, 0.6) is 11.5 Å². The topological polar surface area (TPSA) is 58.9 Å². The van der Waals surface area contributed by atoms with Crippen LogP contribution < -0.4 is 9.47 Å². The number of hydrogen-bond donors (Lipinski definition) is 2. The van der Waals surface area contributed by atoms with Gasteiger partial charge >= 0.3 is 0 Å². The van der Waals surface area contributed by atoms with Crippen LogP contribution >= 0.6 is 0 Å². The second-order valence-electron chi connectivity index (χ2n) is 4.74. The molecule has 1 aliphatic rings. The number of fused-ring (bicyclic) bond motifs is 3. The third-order valence-corrected chi connectivity index (χ3v) is 3.74. The van der Waals surface area contributed by atoms with Gasteiger partial charge in [0, 0.05) is 11.1 Å². The van der Waals surface area contributed by atoms with Gasteiger partial charge in [-0.3, -0.25) is 0 Å². The van der Waals surface area contributed by atoms with E-state index in [1.807, 2.05) is 12.1 Å². The standard InChI is InChI=1S/C16H16O4/c1-19-11-7-3-5-9-13(11)14-10(16(18)15(9)17)6-4-8-12(14)20-2/h3-8,15-18H,1-2H3/t15-,16-/m1/s1. The van der Waals surface area contributed by atoms with Crippen LogP contribution in [-0.2, 0) is 0 Å². The molecule has 4 nitrogen and oxygen atoms in total. The van der Waals surface area contributed by atoms with Crippen LogP contribution in [0, 0.1) is 0 Å². The molecule has 3 rings (SSSR count). The summed E-state index contributed by atoms with van der Waals surface area (Å²) in [6.07, 6.45) is -1.94. The van der Waals surface area contributed by atoms with Crippen LogP contribution in [0.1, 0.15) is 23.3 Å². The molecular formula is C16H16O4. The van der Waals surface area contributed by atoms with Crippen molar-refractivity contribution in [2.45, 2.75) is 12.2 Å². The number of aliphatic hydroxyl groups excluding tert-OH is 2. The van der Waals surface area contributed by atoms with E-state index in [2.05, 4.69) is 0 Å². The zero-order valence-electron chi connectivity index (χ0n) is 11.3. The lowest BCUT2D eigenvalue weighted by atomic mass is 9.81. The summed E-state index contributed by atoms with van der Waals surface area (Å²) in [7, 11) is 3.17. The summed E-state index contributed by atoms with van der Waals surface area (Å²) >= 11 is 0. The Morgan fingerprint density at radius 3 is 1.50 bits per heavy atom. The molecule has 2 atom stereocenters. The molecule has 0 saturated heterocycles. The minimum atomic E-state index is -0.972. The molecule has 0 amide bonds. The summed E-state index contributed by atoms with van der Waals surface area (Å²) in [6, 6.07) is 10.9. The Hall–Kier alpha value is -2.04. The molecule has 1 aliphatic carbocycles. The maximum absolute atomic E-state index is 10.3. The van der Waals surface area contributed by atoms with Crippen molar-refractivity contribution in [3.63, 3.8) is 0 Å². The number of rotatable bonds is 2. The molecule has 0 aliphatic heterocycles. The van der Waals surface area contributed by atoms with E-state index in [0.29, 0.717) is 22.6 Å². The smallest absolute Gasteiger partial charge is 0.127 e. The summed E-state index contributed by atoms with van der Waals surface area (Å²) in [4.78, 5) is 0. The molecule has 2 aromatic rings. The maximum Gasteiger partial charge on any atom is 0.127 e. The molecule has 0 radical (unpaired) electrons.